The van der Waals surface area contributed by atoms with E-state index in [2.05, 4.69) is 19.2 Å². The van der Waals surface area contributed by atoms with Crippen LogP contribution in [0.1, 0.15) is 26.7 Å². The Bertz CT molecular complexity index is 609. The first kappa shape index (κ1) is 16.7. The van der Waals surface area contributed by atoms with Gasteiger partial charge in [-0.15, -0.1) is 0 Å². The van der Waals surface area contributed by atoms with Gasteiger partial charge in [0.05, 0.1) is 6.04 Å². The topological polar surface area (TPSA) is 52.7 Å². The molecule has 0 bridgehead atoms. The van der Waals surface area contributed by atoms with Gasteiger partial charge in [0.2, 0.25) is 5.91 Å². The maximum absolute atomic E-state index is 13.0. The van der Waals surface area contributed by atoms with Gasteiger partial charge in [-0.2, -0.15) is 0 Å². The summed E-state index contributed by atoms with van der Waals surface area (Å²) >= 11 is 0. The number of urea groups is 1. The second kappa shape index (κ2) is 6.79. The number of benzene rings is 1. The molecule has 0 spiro atoms. The van der Waals surface area contributed by atoms with Crippen LogP contribution < -0.4 is 10.2 Å². The number of likely N-dealkylation sites (tertiary alicyclic amines) is 1. The van der Waals surface area contributed by atoms with Gasteiger partial charge in [-0.1, -0.05) is 13.8 Å². The van der Waals surface area contributed by atoms with Crippen molar-refractivity contribution < 1.29 is 14.0 Å². The fourth-order valence-corrected chi connectivity index (χ4v) is 3.77. The van der Waals surface area contributed by atoms with Crippen LogP contribution in [0, 0.1) is 17.7 Å². The molecule has 3 atom stereocenters. The monoisotopic (exact) mass is 333 g/mol. The summed E-state index contributed by atoms with van der Waals surface area (Å²) in [6, 6.07) is 5.56. The van der Waals surface area contributed by atoms with E-state index in [4.69, 9.17) is 0 Å². The van der Waals surface area contributed by atoms with E-state index < -0.39 is 0 Å². The van der Waals surface area contributed by atoms with Crippen LogP contribution in [-0.2, 0) is 4.79 Å². The van der Waals surface area contributed by atoms with Crippen LogP contribution in [0.5, 0.6) is 0 Å². The van der Waals surface area contributed by atoms with E-state index in [1.165, 1.54) is 12.1 Å². The average molecular weight is 333 g/mol. The summed E-state index contributed by atoms with van der Waals surface area (Å²) in [5, 5.41) is 2.98. The molecule has 0 aromatic heterocycles. The number of halogens is 1. The van der Waals surface area contributed by atoms with Crippen LogP contribution >= 0.6 is 0 Å². The van der Waals surface area contributed by atoms with Gasteiger partial charge in [-0.3, -0.25) is 4.79 Å². The molecule has 0 aliphatic carbocycles. The molecule has 3 amide bonds. The Morgan fingerprint density at radius 2 is 1.75 bits per heavy atom. The van der Waals surface area contributed by atoms with E-state index in [1.807, 2.05) is 4.90 Å². The van der Waals surface area contributed by atoms with Gasteiger partial charge in [-0.25, -0.2) is 9.18 Å². The van der Waals surface area contributed by atoms with E-state index in [1.54, 1.807) is 17.0 Å². The molecule has 1 aromatic carbocycles. The standard InChI is InChI=1S/C18H24FN3O2/c1-12-7-13(2)10-21(9-12)18(24)20-15-8-17(23)22(11-15)16-5-3-14(19)4-6-16/h3-6,12-13,15H,7-11H2,1-2H3,(H,20,24)/t12-,13-,15+/m0/s1. The predicted octanol–water partition coefficient (Wildman–Crippen LogP) is 2.62. The summed E-state index contributed by atoms with van der Waals surface area (Å²) < 4.78 is 13.0. The van der Waals surface area contributed by atoms with Crippen molar-refractivity contribution in [2.45, 2.75) is 32.7 Å². The zero-order valence-corrected chi connectivity index (χ0v) is 14.2. The number of piperidine rings is 1. The van der Waals surface area contributed by atoms with Gasteiger partial charge >= 0.3 is 6.03 Å². The Kier molecular flexibility index (Phi) is 4.73. The normalized spacial score (nSPS) is 27.5. The summed E-state index contributed by atoms with van der Waals surface area (Å²) in [7, 11) is 0. The number of carbonyl (C=O) groups excluding carboxylic acids is 2. The summed E-state index contributed by atoms with van der Waals surface area (Å²) in [6.07, 6.45) is 1.42. The number of rotatable bonds is 2. The minimum absolute atomic E-state index is 0.0488. The van der Waals surface area contributed by atoms with E-state index in [-0.39, 0.29) is 30.2 Å². The van der Waals surface area contributed by atoms with Crippen molar-refractivity contribution in [3.05, 3.63) is 30.1 Å². The number of hydrogen-bond acceptors (Lipinski definition) is 2. The van der Waals surface area contributed by atoms with Crippen LogP contribution in [0.2, 0.25) is 0 Å². The fourth-order valence-electron chi connectivity index (χ4n) is 3.77. The number of anilines is 1. The van der Waals surface area contributed by atoms with Crippen molar-refractivity contribution in [1.29, 1.82) is 0 Å². The molecule has 1 N–H and O–H groups in total. The quantitative estimate of drug-likeness (QED) is 0.904. The summed E-state index contributed by atoms with van der Waals surface area (Å²) in [4.78, 5) is 28.1. The Labute approximate surface area is 141 Å². The maximum Gasteiger partial charge on any atom is 0.317 e. The van der Waals surface area contributed by atoms with Crippen molar-refractivity contribution in [2.24, 2.45) is 11.8 Å². The Balaban J connectivity index is 1.59. The van der Waals surface area contributed by atoms with Gasteiger partial charge in [-0.05, 0) is 42.5 Å². The molecule has 5 nitrogen and oxygen atoms in total. The number of hydrogen-bond donors (Lipinski definition) is 1. The van der Waals surface area contributed by atoms with E-state index >= 15 is 0 Å². The Hall–Kier alpha value is -2.11. The van der Waals surface area contributed by atoms with Gasteiger partial charge in [0.1, 0.15) is 5.82 Å². The largest absolute Gasteiger partial charge is 0.333 e. The van der Waals surface area contributed by atoms with Crippen LogP contribution in [-0.4, -0.2) is 42.5 Å². The molecule has 2 heterocycles. The average Bonchev–Trinajstić information content (AvgIpc) is 2.87. The first-order valence-electron chi connectivity index (χ1n) is 8.53. The molecule has 2 fully saturated rings. The van der Waals surface area contributed by atoms with Gasteiger partial charge in [0.25, 0.3) is 0 Å². The van der Waals surface area contributed by atoms with Crippen LogP contribution in [0.15, 0.2) is 24.3 Å². The smallest absolute Gasteiger partial charge is 0.317 e. The van der Waals surface area contributed by atoms with Crippen molar-refractivity contribution in [1.82, 2.24) is 10.2 Å². The van der Waals surface area contributed by atoms with Gasteiger partial charge in [0, 0.05) is 31.7 Å². The minimum Gasteiger partial charge on any atom is -0.333 e. The Morgan fingerprint density at radius 1 is 1.12 bits per heavy atom. The highest BCUT2D eigenvalue weighted by Gasteiger charge is 2.33. The molecule has 2 aliphatic rings. The van der Waals surface area contributed by atoms with Crippen molar-refractivity contribution in [3.63, 3.8) is 0 Å². The van der Waals surface area contributed by atoms with E-state index in [9.17, 15) is 14.0 Å². The predicted molar refractivity (Wildman–Crippen MR) is 90.2 cm³/mol. The lowest BCUT2D eigenvalue weighted by atomic mass is 9.92. The van der Waals surface area contributed by atoms with E-state index in [0.717, 1.165) is 19.5 Å². The molecule has 6 heteroatoms. The van der Waals surface area contributed by atoms with Crippen LogP contribution in [0.4, 0.5) is 14.9 Å². The summed E-state index contributed by atoms with van der Waals surface area (Å²) in [5.41, 5.74) is 0.665. The zero-order chi connectivity index (χ0) is 17.3. The maximum atomic E-state index is 13.0. The lowest BCUT2D eigenvalue weighted by Crippen LogP contribution is -2.50. The SMILES string of the molecule is C[C@H]1C[C@H](C)CN(C(=O)N[C@@H]2CC(=O)N(c3ccc(F)cc3)C2)C1. The zero-order valence-electron chi connectivity index (χ0n) is 14.2. The van der Waals surface area contributed by atoms with Gasteiger partial charge < -0.3 is 15.1 Å². The highest BCUT2D eigenvalue weighted by Crippen LogP contribution is 2.23. The molecule has 3 rings (SSSR count). The summed E-state index contributed by atoms with van der Waals surface area (Å²) in [6.45, 7) is 6.27. The number of carbonyl (C=O) groups is 2. The molecule has 2 aliphatic heterocycles. The van der Waals surface area contributed by atoms with Crippen molar-refractivity contribution in [2.75, 3.05) is 24.5 Å². The molecule has 0 saturated carbocycles. The third kappa shape index (κ3) is 3.68. The lowest BCUT2D eigenvalue weighted by Gasteiger charge is -2.35. The first-order chi connectivity index (χ1) is 11.4. The molecule has 2 saturated heterocycles. The molecule has 0 radical (unpaired) electrons. The molecule has 130 valence electrons. The molecular weight excluding hydrogens is 309 g/mol. The number of amides is 3. The van der Waals surface area contributed by atoms with Gasteiger partial charge in [0.15, 0.2) is 0 Å². The molecule has 0 unspecified atom stereocenters. The highest BCUT2D eigenvalue weighted by atomic mass is 19.1. The highest BCUT2D eigenvalue weighted by molar-refractivity contribution is 5.96. The molecular formula is C18H24FN3O2. The number of nitrogens with zero attached hydrogens (tertiary/aromatic N) is 2. The molecule has 1 aromatic rings. The Morgan fingerprint density at radius 3 is 2.38 bits per heavy atom. The third-order valence-corrected chi connectivity index (χ3v) is 4.75. The van der Waals surface area contributed by atoms with Crippen LogP contribution in [0.3, 0.4) is 0 Å². The lowest BCUT2D eigenvalue weighted by molar-refractivity contribution is -0.117. The van der Waals surface area contributed by atoms with E-state index in [0.29, 0.717) is 24.1 Å². The van der Waals surface area contributed by atoms with Crippen LogP contribution in [0.25, 0.3) is 0 Å². The number of nitrogens with one attached hydrogen (secondary N) is 1. The first-order valence-corrected chi connectivity index (χ1v) is 8.53. The molecule has 24 heavy (non-hydrogen) atoms. The second-order valence-electron chi connectivity index (χ2n) is 7.18. The summed E-state index contributed by atoms with van der Waals surface area (Å²) in [5.74, 6) is 0.622. The fraction of sp³-hybridized carbons (Fsp3) is 0.556. The third-order valence-electron chi connectivity index (χ3n) is 4.75. The second-order valence-corrected chi connectivity index (χ2v) is 7.18. The van der Waals surface area contributed by atoms with Crippen molar-refractivity contribution >= 4 is 17.6 Å². The van der Waals surface area contributed by atoms with Crippen molar-refractivity contribution in [3.8, 4) is 0 Å². The minimum atomic E-state index is -0.330.